The number of methoxy groups -OCH3 is 1. The van der Waals surface area contributed by atoms with Gasteiger partial charge >= 0.3 is 0 Å². The lowest BCUT2D eigenvalue weighted by Gasteiger charge is -2.33. The maximum atomic E-state index is 5.50. The van der Waals surface area contributed by atoms with E-state index in [0.717, 1.165) is 38.7 Å². The minimum atomic E-state index is 0.409. The summed E-state index contributed by atoms with van der Waals surface area (Å²) in [5.41, 5.74) is 3.94. The van der Waals surface area contributed by atoms with E-state index < -0.39 is 0 Å². The Bertz CT molecular complexity index is 650. The summed E-state index contributed by atoms with van der Waals surface area (Å²) < 4.78 is 7.89. The van der Waals surface area contributed by atoms with Gasteiger partial charge in [0.1, 0.15) is 0 Å². The molecule has 122 valence electrons. The molecule has 3 heterocycles. The molecule has 0 spiro atoms. The van der Waals surface area contributed by atoms with Gasteiger partial charge in [-0.25, -0.2) is 4.98 Å². The molecule has 0 bridgehead atoms. The summed E-state index contributed by atoms with van der Waals surface area (Å²) >= 11 is 0. The molecule has 0 amide bonds. The van der Waals surface area contributed by atoms with Crippen LogP contribution in [0.4, 0.5) is 0 Å². The van der Waals surface area contributed by atoms with Gasteiger partial charge in [-0.2, -0.15) is 0 Å². The van der Waals surface area contributed by atoms with Crippen LogP contribution in [0.1, 0.15) is 35.7 Å². The lowest BCUT2D eigenvalue weighted by molar-refractivity contribution is 0.131. The number of rotatable bonds is 6. The van der Waals surface area contributed by atoms with Gasteiger partial charge in [0.2, 0.25) is 0 Å². The number of ether oxygens (including phenoxy) is 1. The van der Waals surface area contributed by atoms with Gasteiger partial charge in [-0.15, -0.1) is 0 Å². The van der Waals surface area contributed by atoms with Gasteiger partial charge in [0, 0.05) is 57.3 Å². The molecular formula is C18H24N4O. The lowest BCUT2D eigenvalue weighted by atomic mass is 9.98. The van der Waals surface area contributed by atoms with E-state index >= 15 is 0 Å². The highest BCUT2D eigenvalue weighted by atomic mass is 16.5. The highest BCUT2D eigenvalue weighted by Gasteiger charge is 2.31. The first kappa shape index (κ1) is 14.8. The summed E-state index contributed by atoms with van der Waals surface area (Å²) in [5.74, 6) is 1.28. The molecule has 2 aromatic heterocycles. The molecule has 0 radical (unpaired) electrons. The summed E-state index contributed by atoms with van der Waals surface area (Å²) in [7, 11) is 1.79. The highest BCUT2D eigenvalue weighted by molar-refractivity contribution is 5.23. The van der Waals surface area contributed by atoms with Crippen molar-refractivity contribution in [3.8, 4) is 0 Å². The number of hydrogen-bond acceptors (Lipinski definition) is 4. The molecule has 1 atom stereocenters. The van der Waals surface area contributed by atoms with Gasteiger partial charge in [0.15, 0.2) is 0 Å². The van der Waals surface area contributed by atoms with Crippen LogP contribution in [-0.2, 0) is 24.4 Å². The Morgan fingerprint density at radius 1 is 1.26 bits per heavy atom. The average Bonchev–Trinajstić information content (AvgIpc) is 3.28. The van der Waals surface area contributed by atoms with E-state index in [4.69, 9.17) is 9.72 Å². The van der Waals surface area contributed by atoms with Crippen molar-refractivity contribution in [3.63, 3.8) is 0 Å². The van der Waals surface area contributed by atoms with Crippen LogP contribution < -0.4 is 0 Å². The molecule has 0 unspecified atom stereocenters. The summed E-state index contributed by atoms with van der Waals surface area (Å²) in [6.45, 7) is 4.79. The summed E-state index contributed by atoms with van der Waals surface area (Å²) in [6, 6.07) is 4.18. The monoisotopic (exact) mass is 312 g/mol. The zero-order chi connectivity index (χ0) is 15.6. The quantitative estimate of drug-likeness (QED) is 0.822. The van der Waals surface area contributed by atoms with Gasteiger partial charge in [-0.3, -0.25) is 9.88 Å². The Balaban J connectivity index is 1.54. The molecule has 2 aromatic rings. The standard InChI is InChI=1S/C18H24N4O/c1-23-12-16-10-21(8-15-4-6-19-7-5-15)11-17-18(16)22(13-20-17)9-14-2-3-14/h4-7,13-14,16H,2-3,8-12H2,1H3/t16-/m1/s1. The van der Waals surface area contributed by atoms with Crippen molar-refractivity contribution in [2.75, 3.05) is 20.3 Å². The highest BCUT2D eigenvalue weighted by Crippen LogP contribution is 2.34. The first-order valence-electron chi connectivity index (χ1n) is 8.47. The van der Waals surface area contributed by atoms with Crippen LogP contribution in [0, 0.1) is 5.92 Å². The first-order chi connectivity index (χ1) is 11.3. The Labute approximate surface area is 137 Å². The van der Waals surface area contributed by atoms with Crippen LogP contribution in [0.5, 0.6) is 0 Å². The van der Waals surface area contributed by atoms with Crippen LogP contribution in [0.15, 0.2) is 30.9 Å². The van der Waals surface area contributed by atoms with Gasteiger partial charge in [0.25, 0.3) is 0 Å². The topological polar surface area (TPSA) is 43.2 Å². The van der Waals surface area contributed by atoms with Crippen LogP contribution in [0.2, 0.25) is 0 Å². The molecule has 4 rings (SSSR count). The zero-order valence-corrected chi connectivity index (χ0v) is 13.7. The molecule has 5 heteroatoms. The first-order valence-corrected chi connectivity index (χ1v) is 8.47. The maximum absolute atomic E-state index is 5.50. The molecule has 2 aliphatic rings. The largest absolute Gasteiger partial charge is 0.384 e. The van der Waals surface area contributed by atoms with E-state index in [-0.39, 0.29) is 0 Å². The number of hydrogen-bond donors (Lipinski definition) is 0. The molecule has 1 aliphatic heterocycles. The minimum Gasteiger partial charge on any atom is -0.384 e. The molecule has 1 aliphatic carbocycles. The number of aromatic nitrogens is 3. The Morgan fingerprint density at radius 3 is 2.83 bits per heavy atom. The van der Waals surface area contributed by atoms with Gasteiger partial charge in [-0.05, 0) is 36.5 Å². The third-order valence-corrected chi connectivity index (χ3v) is 4.87. The second-order valence-corrected chi connectivity index (χ2v) is 6.85. The second-order valence-electron chi connectivity index (χ2n) is 6.85. The summed E-state index contributed by atoms with van der Waals surface area (Å²) in [6.07, 6.45) is 8.51. The van der Waals surface area contributed by atoms with E-state index in [0.29, 0.717) is 5.92 Å². The van der Waals surface area contributed by atoms with Crippen LogP contribution in [-0.4, -0.2) is 39.7 Å². The SMILES string of the molecule is COC[C@H]1CN(Cc2ccncc2)Cc2ncn(CC3CC3)c21. The smallest absolute Gasteiger partial charge is 0.0952 e. The number of imidazole rings is 1. The average molecular weight is 312 g/mol. The molecule has 5 nitrogen and oxygen atoms in total. The van der Waals surface area contributed by atoms with Crippen LogP contribution in [0.25, 0.3) is 0 Å². The summed E-state index contributed by atoms with van der Waals surface area (Å²) in [4.78, 5) is 11.3. The molecule has 0 saturated heterocycles. The Hall–Kier alpha value is -1.72. The van der Waals surface area contributed by atoms with Crippen LogP contribution >= 0.6 is 0 Å². The fraction of sp³-hybridized carbons (Fsp3) is 0.556. The minimum absolute atomic E-state index is 0.409. The number of nitrogens with zero attached hydrogens (tertiary/aromatic N) is 4. The number of fused-ring (bicyclic) bond motifs is 1. The van der Waals surface area contributed by atoms with Crippen molar-refractivity contribution in [1.29, 1.82) is 0 Å². The fourth-order valence-corrected chi connectivity index (χ4v) is 3.62. The lowest BCUT2D eigenvalue weighted by Crippen LogP contribution is -2.36. The molecular weight excluding hydrogens is 288 g/mol. The van der Waals surface area contributed by atoms with E-state index in [2.05, 4.69) is 26.6 Å². The van der Waals surface area contributed by atoms with Gasteiger partial charge < -0.3 is 9.30 Å². The Kier molecular flexibility index (Phi) is 4.14. The van der Waals surface area contributed by atoms with E-state index in [9.17, 15) is 0 Å². The van der Waals surface area contributed by atoms with E-state index in [1.807, 2.05) is 18.7 Å². The van der Waals surface area contributed by atoms with E-state index in [1.165, 1.54) is 29.8 Å². The number of pyridine rings is 1. The molecule has 1 fully saturated rings. The predicted molar refractivity (Wildman–Crippen MR) is 87.9 cm³/mol. The van der Waals surface area contributed by atoms with Crippen molar-refractivity contribution in [2.45, 2.75) is 38.4 Å². The summed E-state index contributed by atoms with van der Waals surface area (Å²) in [5, 5.41) is 0. The predicted octanol–water partition coefficient (Wildman–Crippen LogP) is 2.43. The second kappa shape index (κ2) is 6.42. The van der Waals surface area contributed by atoms with E-state index in [1.54, 1.807) is 7.11 Å². The fourth-order valence-electron chi connectivity index (χ4n) is 3.62. The van der Waals surface area contributed by atoms with Crippen molar-refractivity contribution in [2.24, 2.45) is 5.92 Å². The van der Waals surface area contributed by atoms with Crippen LogP contribution in [0.3, 0.4) is 0 Å². The van der Waals surface area contributed by atoms with Crippen molar-refractivity contribution in [1.82, 2.24) is 19.4 Å². The third-order valence-electron chi connectivity index (χ3n) is 4.87. The van der Waals surface area contributed by atoms with Gasteiger partial charge in [-0.1, -0.05) is 0 Å². The van der Waals surface area contributed by atoms with Crippen molar-refractivity contribution < 1.29 is 4.74 Å². The molecule has 1 saturated carbocycles. The van der Waals surface area contributed by atoms with Crippen molar-refractivity contribution >= 4 is 0 Å². The molecule has 0 aromatic carbocycles. The maximum Gasteiger partial charge on any atom is 0.0952 e. The van der Waals surface area contributed by atoms with Gasteiger partial charge in [0.05, 0.1) is 18.6 Å². The zero-order valence-electron chi connectivity index (χ0n) is 13.7. The normalized spacial score (nSPS) is 21.3. The molecule has 23 heavy (non-hydrogen) atoms. The molecule has 0 N–H and O–H groups in total. The Morgan fingerprint density at radius 2 is 2.09 bits per heavy atom. The third kappa shape index (κ3) is 3.31. The van der Waals surface area contributed by atoms with Crippen molar-refractivity contribution in [3.05, 3.63) is 47.8 Å².